The highest BCUT2D eigenvalue weighted by molar-refractivity contribution is 5.79. The zero-order chi connectivity index (χ0) is 13.9. The molecule has 0 amide bonds. The molecule has 108 valence electrons. The van der Waals surface area contributed by atoms with Gasteiger partial charge >= 0.3 is 0 Å². The molecule has 0 unspecified atom stereocenters. The summed E-state index contributed by atoms with van der Waals surface area (Å²) in [6, 6.07) is 0.454. The Kier molecular flexibility index (Phi) is 3.99. The minimum absolute atomic E-state index is 0.413. The van der Waals surface area contributed by atoms with Gasteiger partial charge in [-0.15, -0.1) is 0 Å². The average molecular weight is 273 g/mol. The van der Waals surface area contributed by atoms with Gasteiger partial charge in [-0.3, -0.25) is 4.79 Å². The lowest BCUT2D eigenvalue weighted by Gasteiger charge is -2.33. The molecule has 1 saturated carbocycles. The standard InChI is InChI=1S/C16H23N3O/c1-19(12-7-9-13(20)10-8-12)16-14-5-3-2-4-6-15(14)17-11-18-16/h11-12H,2-10H2,1H3. The number of carbonyl (C=O) groups excluding carboxylic acids is 1. The molecule has 1 aromatic heterocycles. The van der Waals surface area contributed by atoms with Crippen LogP contribution in [0.25, 0.3) is 0 Å². The van der Waals surface area contributed by atoms with E-state index in [9.17, 15) is 4.79 Å². The van der Waals surface area contributed by atoms with E-state index in [1.807, 2.05) is 0 Å². The first kappa shape index (κ1) is 13.5. The highest BCUT2D eigenvalue weighted by atomic mass is 16.1. The van der Waals surface area contributed by atoms with Crippen LogP contribution in [0, 0.1) is 0 Å². The Labute approximate surface area is 120 Å². The lowest BCUT2D eigenvalue weighted by Crippen LogP contribution is -2.36. The second-order valence-corrected chi connectivity index (χ2v) is 6.06. The SMILES string of the molecule is CN(c1ncnc2c1CCCCC2)C1CCC(=O)CC1. The predicted octanol–water partition coefficient (Wildman–Crippen LogP) is 2.69. The molecule has 1 heterocycles. The first-order valence-corrected chi connectivity index (χ1v) is 7.83. The van der Waals surface area contributed by atoms with Crippen molar-refractivity contribution in [2.75, 3.05) is 11.9 Å². The highest BCUT2D eigenvalue weighted by Crippen LogP contribution is 2.29. The molecular formula is C16H23N3O. The van der Waals surface area contributed by atoms with Gasteiger partial charge in [0.25, 0.3) is 0 Å². The fourth-order valence-electron chi connectivity index (χ4n) is 3.47. The third kappa shape index (κ3) is 2.69. The molecule has 3 rings (SSSR count). The minimum Gasteiger partial charge on any atom is -0.356 e. The van der Waals surface area contributed by atoms with Crippen molar-refractivity contribution in [1.82, 2.24) is 9.97 Å². The van der Waals surface area contributed by atoms with Crippen molar-refractivity contribution >= 4 is 11.6 Å². The number of carbonyl (C=O) groups is 1. The van der Waals surface area contributed by atoms with Crippen LogP contribution in [-0.2, 0) is 17.6 Å². The number of hydrogen-bond acceptors (Lipinski definition) is 4. The van der Waals surface area contributed by atoms with E-state index in [1.54, 1.807) is 6.33 Å². The number of fused-ring (bicyclic) bond motifs is 1. The van der Waals surface area contributed by atoms with Crippen molar-refractivity contribution in [1.29, 1.82) is 0 Å². The quantitative estimate of drug-likeness (QED) is 0.777. The van der Waals surface area contributed by atoms with Crippen molar-refractivity contribution in [3.05, 3.63) is 17.6 Å². The lowest BCUT2D eigenvalue weighted by atomic mass is 9.93. The van der Waals surface area contributed by atoms with Gasteiger partial charge in [-0.1, -0.05) is 6.42 Å². The van der Waals surface area contributed by atoms with Crippen molar-refractivity contribution in [3.8, 4) is 0 Å². The molecule has 1 aromatic rings. The van der Waals surface area contributed by atoms with Gasteiger partial charge in [0.05, 0.1) is 0 Å². The number of Topliss-reactive ketones (excluding diaryl/α,β-unsaturated/α-hetero) is 1. The Morgan fingerprint density at radius 1 is 1.05 bits per heavy atom. The molecule has 2 aliphatic carbocycles. The van der Waals surface area contributed by atoms with Crippen LogP contribution in [0.15, 0.2) is 6.33 Å². The largest absolute Gasteiger partial charge is 0.356 e. The minimum atomic E-state index is 0.413. The Bertz CT molecular complexity index is 490. The summed E-state index contributed by atoms with van der Waals surface area (Å²) in [6.07, 6.45) is 11.0. The molecule has 0 N–H and O–H groups in total. The Balaban J connectivity index is 1.84. The number of ketones is 1. The van der Waals surface area contributed by atoms with Crippen molar-refractivity contribution in [2.24, 2.45) is 0 Å². The van der Waals surface area contributed by atoms with Crippen LogP contribution in [0.2, 0.25) is 0 Å². The predicted molar refractivity (Wildman–Crippen MR) is 79.0 cm³/mol. The number of rotatable bonds is 2. The van der Waals surface area contributed by atoms with E-state index < -0.39 is 0 Å². The second kappa shape index (κ2) is 5.90. The first-order valence-electron chi connectivity index (χ1n) is 7.83. The Morgan fingerprint density at radius 3 is 2.60 bits per heavy atom. The van der Waals surface area contributed by atoms with Gasteiger partial charge in [0.15, 0.2) is 0 Å². The van der Waals surface area contributed by atoms with Crippen molar-refractivity contribution in [3.63, 3.8) is 0 Å². The number of anilines is 1. The average Bonchev–Trinajstić information content (AvgIpc) is 2.72. The van der Waals surface area contributed by atoms with Crippen LogP contribution >= 0.6 is 0 Å². The number of hydrogen-bond donors (Lipinski definition) is 0. The molecule has 0 bridgehead atoms. The van der Waals surface area contributed by atoms with E-state index in [0.717, 1.165) is 44.3 Å². The van der Waals surface area contributed by atoms with E-state index in [4.69, 9.17) is 0 Å². The molecule has 0 aliphatic heterocycles. The van der Waals surface area contributed by atoms with Gasteiger partial charge < -0.3 is 4.90 Å². The highest BCUT2D eigenvalue weighted by Gasteiger charge is 2.25. The van der Waals surface area contributed by atoms with E-state index >= 15 is 0 Å². The summed E-state index contributed by atoms with van der Waals surface area (Å²) in [5.74, 6) is 1.52. The topological polar surface area (TPSA) is 46.1 Å². The van der Waals surface area contributed by atoms with Crippen molar-refractivity contribution in [2.45, 2.75) is 63.8 Å². The molecule has 0 radical (unpaired) electrons. The van der Waals surface area contributed by atoms with Crippen LogP contribution in [-0.4, -0.2) is 28.8 Å². The van der Waals surface area contributed by atoms with Crippen LogP contribution in [0.4, 0.5) is 5.82 Å². The smallest absolute Gasteiger partial charge is 0.135 e. The molecule has 0 spiro atoms. The molecule has 1 fully saturated rings. The third-order valence-electron chi connectivity index (χ3n) is 4.75. The molecule has 4 heteroatoms. The van der Waals surface area contributed by atoms with E-state index in [2.05, 4.69) is 21.9 Å². The van der Waals surface area contributed by atoms with Gasteiger partial charge in [-0.05, 0) is 38.5 Å². The Morgan fingerprint density at radius 2 is 1.80 bits per heavy atom. The number of nitrogens with zero attached hydrogens (tertiary/aromatic N) is 3. The summed E-state index contributed by atoms with van der Waals surface area (Å²) in [4.78, 5) is 22.8. The summed E-state index contributed by atoms with van der Waals surface area (Å²) in [7, 11) is 2.13. The van der Waals surface area contributed by atoms with E-state index in [1.165, 1.54) is 30.5 Å². The van der Waals surface area contributed by atoms with Crippen LogP contribution in [0.3, 0.4) is 0 Å². The third-order valence-corrected chi connectivity index (χ3v) is 4.75. The molecule has 0 aromatic carbocycles. The van der Waals surface area contributed by atoms with Crippen LogP contribution in [0.1, 0.15) is 56.2 Å². The van der Waals surface area contributed by atoms with Gasteiger partial charge in [0.2, 0.25) is 0 Å². The van der Waals surface area contributed by atoms with Crippen LogP contribution in [0.5, 0.6) is 0 Å². The van der Waals surface area contributed by atoms with E-state index in [0.29, 0.717) is 11.8 Å². The molecule has 4 nitrogen and oxygen atoms in total. The first-order chi connectivity index (χ1) is 9.75. The number of aryl methyl sites for hydroxylation is 1. The van der Waals surface area contributed by atoms with E-state index in [-0.39, 0.29) is 0 Å². The Hall–Kier alpha value is -1.45. The van der Waals surface area contributed by atoms with Crippen molar-refractivity contribution < 1.29 is 4.79 Å². The zero-order valence-corrected chi connectivity index (χ0v) is 12.3. The number of aromatic nitrogens is 2. The summed E-state index contributed by atoms with van der Waals surface area (Å²) >= 11 is 0. The summed E-state index contributed by atoms with van der Waals surface area (Å²) in [5, 5.41) is 0. The maximum atomic E-state index is 11.4. The summed E-state index contributed by atoms with van der Waals surface area (Å²) in [5.41, 5.74) is 2.59. The maximum Gasteiger partial charge on any atom is 0.135 e. The summed E-state index contributed by atoms with van der Waals surface area (Å²) in [6.45, 7) is 0. The van der Waals surface area contributed by atoms with Crippen LogP contribution < -0.4 is 4.90 Å². The zero-order valence-electron chi connectivity index (χ0n) is 12.3. The molecule has 0 saturated heterocycles. The monoisotopic (exact) mass is 273 g/mol. The fourth-order valence-corrected chi connectivity index (χ4v) is 3.47. The molecular weight excluding hydrogens is 250 g/mol. The fraction of sp³-hybridized carbons (Fsp3) is 0.688. The molecule has 2 aliphatic rings. The molecule has 0 atom stereocenters. The van der Waals surface area contributed by atoms with Gasteiger partial charge in [0, 0.05) is 37.2 Å². The summed E-state index contributed by atoms with van der Waals surface area (Å²) < 4.78 is 0. The van der Waals surface area contributed by atoms with Gasteiger partial charge in [-0.2, -0.15) is 0 Å². The van der Waals surface area contributed by atoms with Gasteiger partial charge in [0.1, 0.15) is 17.9 Å². The lowest BCUT2D eigenvalue weighted by molar-refractivity contribution is -0.120. The second-order valence-electron chi connectivity index (χ2n) is 6.06. The maximum absolute atomic E-state index is 11.4. The molecule has 20 heavy (non-hydrogen) atoms. The van der Waals surface area contributed by atoms with Gasteiger partial charge in [-0.25, -0.2) is 9.97 Å². The normalized spacial score (nSPS) is 20.4.